The molecule has 6 heteroatoms. The Morgan fingerprint density at radius 3 is 2.76 bits per heavy atom. The van der Waals surface area contributed by atoms with E-state index in [0.29, 0.717) is 29.7 Å². The minimum atomic E-state index is -0.878. The predicted octanol–water partition coefficient (Wildman–Crippen LogP) is 5.02. The van der Waals surface area contributed by atoms with Crippen LogP contribution in [0.2, 0.25) is 5.02 Å². The van der Waals surface area contributed by atoms with Gasteiger partial charge in [0, 0.05) is 33.7 Å². The summed E-state index contributed by atoms with van der Waals surface area (Å²) < 4.78 is 17.7. The van der Waals surface area contributed by atoms with Crippen LogP contribution in [0.3, 0.4) is 0 Å². The molecule has 0 amide bonds. The average molecular weight is 394 g/mol. The Bertz CT molecular complexity index is 761. The summed E-state index contributed by atoms with van der Waals surface area (Å²) in [4.78, 5) is 3.84. The Morgan fingerprint density at radius 1 is 1.12 bits per heavy atom. The Labute approximate surface area is 161 Å². The van der Waals surface area contributed by atoms with Gasteiger partial charge < -0.3 is 4.74 Å². The number of nitrogens with zero attached hydrogens (tertiary/aromatic N) is 1. The molecule has 3 nitrogen and oxygen atoms in total. The molecule has 0 spiro atoms. The van der Waals surface area contributed by atoms with E-state index in [9.17, 15) is 4.21 Å². The van der Waals surface area contributed by atoms with E-state index in [1.54, 1.807) is 0 Å². The topological polar surface area (TPSA) is 38.7 Å². The molecule has 0 saturated heterocycles. The summed E-state index contributed by atoms with van der Waals surface area (Å²) in [6.45, 7) is 1.09. The van der Waals surface area contributed by atoms with Crippen molar-refractivity contribution in [2.24, 2.45) is 4.99 Å². The minimum Gasteiger partial charge on any atom is -0.493 e. The quantitative estimate of drug-likeness (QED) is 0.323. The third-order valence-electron chi connectivity index (χ3n) is 3.56. The number of isothiocyanates is 1. The second-order valence-corrected chi connectivity index (χ2v) is 7.67. The molecule has 2 rings (SSSR count). The molecule has 1 atom stereocenters. The van der Waals surface area contributed by atoms with E-state index in [1.165, 1.54) is 0 Å². The molecular formula is C19H20ClNO2S2. The van der Waals surface area contributed by atoms with Crippen LogP contribution in [0, 0.1) is 0 Å². The summed E-state index contributed by atoms with van der Waals surface area (Å²) in [6.07, 6.45) is 1.76. The van der Waals surface area contributed by atoms with Gasteiger partial charge in [-0.3, -0.25) is 4.21 Å². The highest BCUT2D eigenvalue weighted by Crippen LogP contribution is 2.29. The number of rotatable bonds is 10. The molecule has 0 aliphatic heterocycles. The van der Waals surface area contributed by atoms with Crippen LogP contribution in [0.1, 0.15) is 12.8 Å². The number of hydrogen-bond donors (Lipinski definition) is 0. The van der Waals surface area contributed by atoms with Gasteiger partial charge in [0.25, 0.3) is 0 Å². The summed E-state index contributed by atoms with van der Waals surface area (Å²) in [6, 6.07) is 15.5. The molecule has 2 aromatic rings. The van der Waals surface area contributed by atoms with Gasteiger partial charge in [-0.1, -0.05) is 41.9 Å². The number of benzene rings is 2. The van der Waals surface area contributed by atoms with Gasteiger partial charge in [0.05, 0.1) is 17.5 Å². The lowest BCUT2D eigenvalue weighted by Gasteiger charge is -2.09. The molecule has 0 radical (unpaired) electrons. The molecule has 2 aromatic carbocycles. The monoisotopic (exact) mass is 393 g/mol. The van der Waals surface area contributed by atoms with E-state index in [2.05, 4.69) is 22.4 Å². The van der Waals surface area contributed by atoms with E-state index < -0.39 is 10.8 Å². The lowest BCUT2D eigenvalue weighted by molar-refractivity contribution is 0.343. The lowest BCUT2D eigenvalue weighted by Crippen LogP contribution is -2.11. The number of halogens is 1. The first-order valence-corrected chi connectivity index (χ1v) is 10.3. The van der Waals surface area contributed by atoms with Crippen molar-refractivity contribution in [3.05, 3.63) is 53.6 Å². The maximum atomic E-state index is 11.9. The Morgan fingerprint density at radius 2 is 1.96 bits per heavy atom. The minimum absolute atomic E-state index is 0.427. The Kier molecular flexibility index (Phi) is 8.84. The second-order valence-electron chi connectivity index (χ2n) is 5.38. The molecular weight excluding hydrogens is 374 g/mol. The third-order valence-corrected chi connectivity index (χ3v) is 5.38. The van der Waals surface area contributed by atoms with Crippen molar-refractivity contribution in [3.63, 3.8) is 0 Å². The van der Waals surface area contributed by atoms with Gasteiger partial charge in [-0.15, -0.1) is 0 Å². The first-order chi connectivity index (χ1) is 12.2. The highest BCUT2D eigenvalue weighted by molar-refractivity contribution is 7.84. The zero-order chi connectivity index (χ0) is 17.9. The molecule has 0 aromatic heterocycles. The van der Waals surface area contributed by atoms with Crippen LogP contribution in [-0.2, 0) is 10.8 Å². The van der Waals surface area contributed by atoms with Gasteiger partial charge in [-0.25, -0.2) is 4.99 Å². The standard InChI is InChI=1S/C19H20ClNO2S2/c20-19-9-2-1-8-18(19)16-6-5-7-17(14-16)23-11-13-25(22)12-4-3-10-21-15-24/h1-2,5-9,14H,3-4,10-13H2. The number of aliphatic imine (C=N–C) groups is 1. The Balaban J connectivity index is 1.80. The van der Waals surface area contributed by atoms with Gasteiger partial charge in [0.1, 0.15) is 5.75 Å². The van der Waals surface area contributed by atoms with Crippen LogP contribution in [0.4, 0.5) is 0 Å². The Hall–Kier alpha value is -1.52. The van der Waals surface area contributed by atoms with E-state index in [4.69, 9.17) is 16.3 Å². The third kappa shape index (κ3) is 7.09. The second kappa shape index (κ2) is 11.2. The van der Waals surface area contributed by atoms with Crippen molar-refractivity contribution in [1.29, 1.82) is 0 Å². The van der Waals surface area contributed by atoms with E-state index in [-0.39, 0.29) is 0 Å². The van der Waals surface area contributed by atoms with Crippen molar-refractivity contribution >= 4 is 39.8 Å². The van der Waals surface area contributed by atoms with Crippen molar-refractivity contribution < 1.29 is 8.95 Å². The largest absolute Gasteiger partial charge is 0.493 e. The van der Waals surface area contributed by atoms with Gasteiger partial charge in [-0.2, -0.15) is 0 Å². The summed E-state index contributed by atoms with van der Waals surface area (Å²) in [5, 5.41) is 3.04. The summed E-state index contributed by atoms with van der Waals surface area (Å²) in [5.41, 5.74) is 1.97. The predicted molar refractivity (Wildman–Crippen MR) is 109 cm³/mol. The first-order valence-electron chi connectivity index (χ1n) is 8.07. The van der Waals surface area contributed by atoms with E-state index in [1.807, 2.05) is 48.5 Å². The molecule has 0 bridgehead atoms. The van der Waals surface area contributed by atoms with E-state index in [0.717, 1.165) is 29.7 Å². The van der Waals surface area contributed by atoms with Crippen LogP contribution in [-0.4, -0.2) is 34.0 Å². The molecule has 1 unspecified atom stereocenters. The molecule has 132 valence electrons. The van der Waals surface area contributed by atoms with E-state index >= 15 is 0 Å². The maximum Gasteiger partial charge on any atom is 0.119 e. The lowest BCUT2D eigenvalue weighted by atomic mass is 10.1. The normalized spacial score (nSPS) is 11.6. The smallest absolute Gasteiger partial charge is 0.119 e. The summed E-state index contributed by atoms with van der Waals surface area (Å²) in [5.74, 6) is 1.94. The molecule has 0 saturated carbocycles. The molecule has 25 heavy (non-hydrogen) atoms. The number of thiocarbonyl (C=S) groups is 1. The zero-order valence-corrected chi connectivity index (χ0v) is 16.2. The summed E-state index contributed by atoms with van der Waals surface area (Å²) in [7, 11) is -0.878. The molecule has 0 fully saturated rings. The highest BCUT2D eigenvalue weighted by atomic mass is 35.5. The SMILES string of the molecule is O=S(CCCCN=C=S)CCOc1cccc(-c2ccccc2Cl)c1. The van der Waals surface area contributed by atoms with Crippen molar-refractivity contribution in [2.45, 2.75) is 12.8 Å². The van der Waals surface area contributed by atoms with Crippen molar-refractivity contribution in [3.8, 4) is 16.9 Å². The zero-order valence-electron chi connectivity index (χ0n) is 13.8. The van der Waals surface area contributed by atoms with Gasteiger partial charge in [0.15, 0.2) is 0 Å². The number of ether oxygens (including phenoxy) is 1. The fourth-order valence-electron chi connectivity index (χ4n) is 2.30. The van der Waals surface area contributed by atoms with Gasteiger partial charge in [-0.05, 0) is 48.8 Å². The van der Waals surface area contributed by atoms with Crippen LogP contribution in [0.5, 0.6) is 5.75 Å². The van der Waals surface area contributed by atoms with Crippen LogP contribution < -0.4 is 4.74 Å². The van der Waals surface area contributed by atoms with Crippen molar-refractivity contribution in [1.82, 2.24) is 0 Å². The summed E-state index contributed by atoms with van der Waals surface area (Å²) >= 11 is 10.7. The fraction of sp³-hybridized carbons (Fsp3) is 0.316. The highest BCUT2D eigenvalue weighted by Gasteiger charge is 2.05. The number of unbranched alkanes of at least 4 members (excludes halogenated alkanes) is 1. The number of hydrogen-bond acceptors (Lipinski definition) is 4. The molecule has 0 aliphatic rings. The van der Waals surface area contributed by atoms with Gasteiger partial charge in [0.2, 0.25) is 0 Å². The van der Waals surface area contributed by atoms with Gasteiger partial charge >= 0.3 is 0 Å². The van der Waals surface area contributed by atoms with Crippen LogP contribution in [0.25, 0.3) is 11.1 Å². The van der Waals surface area contributed by atoms with Crippen molar-refractivity contribution in [2.75, 3.05) is 24.7 Å². The van der Waals surface area contributed by atoms with Crippen LogP contribution in [0.15, 0.2) is 53.5 Å². The average Bonchev–Trinajstić information content (AvgIpc) is 2.62. The van der Waals surface area contributed by atoms with Crippen LogP contribution >= 0.6 is 23.8 Å². The first kappa shape index (κ1) is 19.8. The molecule has 0 heterocycles. The molecule has 0 aliphatic carbocycles. The maximum absolute atomic E-state index is 11.9. The fourth-order valence-corrected chi connectivity index (χ4v) is 3.64. The molecule has 0 N–H and O–H groups in total.